The lowest BCUT2D eigenvalue weighted by atomic mass is 9.97. The number of halogens is 1. The number of benzene rings is 1. The lowest BCUT2D eigenvalue weighted by Crippen LogP contribution is -2.38. The molecule has 1 saturated heterocycles. The highest BCUT2D eigenvalue weighted by Crippen LogP contribution is 2.31. The maximum atomic E-state index is 12.1. The Labute approximate surface area is 163 Å². The second-order valence-electron chi connectivity index (χ2n) is 7.26. The minimum atomic E-state index is -0.385. The van der Waals surface area contributed by atoms with Crippen molar-refractivity contribution in [2.45, 2.75) is 26.7 Å². The monoisotopic (exact) mass is 392 g/mol. The van der Waals surface area contributed by atoms with Crippen molar-refractivity contribution in [1.82, 2.24) is 10.2 Å². The zero-order valence-corrected chi connectivity index (χ0v) is 16.7. The predicted octanol–water partition coefficient (Wildman–Crippen LogP) is 2.90. The van der Waals surface area contributed by atoms with Crippen LogP contribution in [0.25, 0.3) is 11.0 Å². The molecule has 0 bridgehead atoms. The molecule has 2 heterocycles. The molecule has 1 aliphatic heterocycles. The Bertz CT molecular complexity index is 901. The van der Waals surface area contributed by atoms with Crippen LogP contribution in [0.4, 0.5) is 0 Å². The molecule has 0 unspecified atom stereocenters. The third kappa shape index (κ3) is 4.62. The van der Waals surface area contributed by atoms with E-state index in [0.717, 1.165) is 36.9 Å². The van der Waals surface area contributed by atoms with E-state index in [1.807, 2.05) is 6.92 Å². The number of nitrogens with one attached hydrogen (secondary N) is 1. The fourth-order valence-electron chi connectivity index (χ4n) is 3.27. The number of ether oxygens (including phenoxy) is 1. The first-order chi connectivity index (χ1) is 12.8. The number of amides is 1. The van der Waals surface area contributed by atoms with Crippen LogP contribution in [0.5, 0.6) is 5.75 Å². The summed E-state index contributed by atoms with van der Waals surface area (Å²) in [6, 6.07) is 3.27. The maximum Gasteiger partial charge on any atom is 0.339 e. The summed E-state index contributed by atoms with van der Waals surface area (Å²) in [5, 5.41) is 4.06. The van der Waals surface area contributed by atoms with E-state index in [1.165, 1.54) is 0 Å². The number of fused-ring (bicyclic) bond motifs is 1. The molecular formula is C20H25ClN2O4. The Kier molecular flexibility index (Phi) is 6.07. The number of carbonyl (C=O) groups is 1. The molecule has 1 aromatic carbocycles. The van der Waals surface area contributed by atoms with E-state index in [4.69, 9.17) is 20.8 Å². The van der Waals surface area contributed by atoms with Crippen LogP contribution in [0.1, 0.15) is 24.0 Å². The van der Waals surface area contributed by atoms with Gasteiger partial charge in [-0.2, -0.15) is 0 Å². The van der Waals surface area contributed by atoms with E-state index in [-0.39, 0.29) is 18.1 Å². The van der Waals surface area contributed by atoms with Gasteiger partial charge in [0.25, 0.3) is 5.91 Å². The van der Waals surface area contributed by atoms with Gasteiger partial charge in [0, 0.05) is 23.6 Å². The van der Waals surface area contributed by atoms with E-state index in [1.54, 1.807) is 19.1 Å². The largest absolute Gasteiger partial charge is 0.482 e. The summed E-state index contributed by atoms with van der Waals surface area (Å²) >= 11 is 6.28. The molecule has 0 saturated carbocycles. The molecule has 1 amide bonds. The summed E-state index contributed by atoms with van der Waals surface area (Å²) in [6.07, 6.45) is 2.18. The molecule has 0 aliphatic carbocycles. The molecule has 0 spiro atoms. The SMILES string of the molecule is Cc1c(C)c2cc(Cl)c(OCC(=O)NCC3CCN(C)CC3)cc2oc1=O. The number of rotatable bonds is 5. The van der Waals surface area contributed by atoms with E-state index >= 15 is 0 Å². The summed E-state index contributed by atoms with van der Waals surface area (Å²) in [5.74, 6) is 0.645. The molecule has 0 radical (unpaired) electrons. The van der Waals surface area contributed by atoms with Crippen LogP contribution in [0.2, 0.25) is 5.02 Å². The summed E-state index contributed by atoms with van der Waals surface area (Å²) < 4.78 is 10.9. The van der Waals surface area contributed by atoms with E-state index in [0.29, 0.717) is 34.4 Å². The van der Waals surface area contributed by atoms with Gasteiger partial charge < -0.3 is 19.4 Å². The van der Waals surface area contributed by atoms with Crippen molar-refractivity contribution in [2.24, 2.45) is 5.92 Å². The van der Waals surface area contributed by atoms with Gasteiger partial charge >= 0.3 is 5.63 Å². The lowest BCUT2D eigenvalue weighted by Gasteiger charge is -2.28. The number of piperidine rings is 1. The molecule has 146 valence electrons. The number of carbonyl (C=O) groups excluding carboxylic acids is 1. The zero-order valence-electron chi connectivity index (χ0n) is 15.9. The van der Waals surface area contributed by atoms with Crippen molar-refractivity contribution in [1.29, 1.82) is 0 Å². The Balaban J connectivity index is 1.61. The first kappa shape index (κ1) is 19.7. The minimum Gasteiger partial charge on any atom is -0.482 e. The van der Waals surface area contributed by atoms with Crippen LogP contribution in [0.3, 0.4) is 0 Å². The number of hydrogen-bond donors (Lipinski definition) is 1. The predicted molar refractivity (Wildman–Crippen MR) is 106 cm³/mol. The summed E-state index contributed by atoms with van der Waals surface area (Å²) in [4.78, 5) is 26.2. The van der Waals surface area contributed by atoms with Crippen LogP contribution in [0.15, 0.2) is 21.3 Å². The average molecular weight is 393 g/mol. The van der Waals surface area contributed by atoms with Crippen molar-refractivity contribution in [3.8, 4) is 5.75 Å². The zero-order chi connectivity index (χ0) is 19.6. The highest BCUT2D eigenvalue weighted by atomic mass is 35.5. The smallest absolute Gasteiger partial charge is 0.339 e. The Morgan fingerprint density at radius 3 is 2.70 bits per heavy atom. The first-order valence-electron chi connectivity index (χ1n) is 9.16. The molecule has 1 aliphatic rings. The highest BCUT2D eigenvalue weighted by molar-refractivity contribution is 6.32. The molecule has 1 fully saturated rings. The molecule has 0 atom stereocenters. The van der Waals surface area contributed by atoms with Crippen LogP contribution in [0, 0.1) is 19.8 Å². The Hall–Kier alpha value is -2.05. The van der Waals surface area contributed by atoms with E-state index in [2.05, 4.69) is 17.3 Å². The van der Waals surface area contributed by atoms with Crippen molar-refractivity contribution < 1.29 is 13.9 Å². The van der Waals surface area contributed by atoms with Crippen LogP contribution < -0.4 is 15.7 Å². The van der Waals surface area contributed by atoms with Crippen molar-refractivity contribution >= 4 is 28.5 Å². The van der Waals surface area contributed by atoms with Gasteiger partial charge in [0.05, 0.1) is 5.02 Å². The highest BCUT2D eigenvalue weighted by Gasteiger charge is 2.18. The second kappa shape index (κ2) is 8.31. The van der Waals surface area contributed by atoms with Crippen LogP contribution in [-0.2, 0) is 4.79 Å². The first-order valence-corrected chi connectivity index (χ1v) is 9.54. The number of nitrogens with zero attached hydrogens (tertiary/aromatic N) is 1. The van der Waals surface area contributed by atoms with Crippen LogP contribution >= 0.6 is 11.6 Å². The molecule has 2 aromatic rings. The lowest BCUT2D eigenvalue weighted by molar-refractivity contribution is -0.123. The topological polar surface area (TPSA) is 71.8 Å². The van der Waals surface area contributed by atoms with Gasteiger partial charge in [-0.15, -0.1) is 0 Å². The van der Waals surface area contributed by atoms with E-state index < -0.39 is 0 Å². The Morgan fingerprint density at radius 2 is 2.00 bits per heavy atom. The summed E-state index contributed by atoms with van der Waals surface area (Å²) in [5.41, 5.74) is 1.39. The third-order valence-electron chi connectivity index (χ3n) is 5.29. The van der Waals surface area contributed by atoms with Crippen molar-refractivity contribution in [3.63, 3.8) is 0 Å². The molecule has 1 N–H and O–H groups in total. The molecule has 7 heteroatoms. The molecule has 3 rings (SSSR count). The minimum absolute atomic E-state index is 0.132. The molecule has 6 nitrogen and oxygen atoms in total. The molecule has 27 heavy (non-hydrogen) atoms. The van der Waals surface area contributed by atoms with Gasteiger partial charge in [-0.05, 0) is 64.4 Å². The van der Waals surface area contributed by atoms with Gasteiger partial charge in [-0.3, -0.25) is 4.79 Å². The van der Waals surface area contributed by atoms with Gasteiger partial charge in [0.15, 0.2) is 6.61 Å². The Morgan fingerprint density at radius 1 is 1.30 bits per heavy atom. The van der Waals surface area contributed by atoms with Crippen molar-refractivity contribution in [2.75, 3.05) is 33.3 Å². The summed E-state index contributed by atoms with van der Waals surface area (Å²) in [7, 11) is 2.11. The maximum absolute atomic E-state index is 12.1. The quantitative estimate of drug-likeness (QED) is 0.792. The van der Waals surface area contributed by atoms with Crippen LogP contribution in [-0.4, -0.2) is 44.1 Å². The van der Waals surface area contributed by atoms with Crippen molar-refractivity contribution in [3.05, 3.63) is 38.7 Å². The van der Waals surface area contributed by atoms with Gasteiger partial charge in [0.1, 0.15) is 11.3 Å². The fraction of sp³-hybridized carbons (Fsp3) is 0.500. The standard InChI is InChI=1S/C20H25ClN2O4/c1-12-13(2)20(25)27-17-9-18(16(21)8-15(12)17)26-11-19(24)22-10-14-4-6-23(3)7-5-14/h8-9,14H,4-7,10-11H2,1-3H3,(H,22,24). The van der Waals surface area contributed by atoms with E-state index in [9.17, 15) is 9.59 Å². The molecule has 1 aromatic heterocycles. The molecular weight excluding hydrogens is 368 g/mol. The number of hydrogen-bond acceptors (Lipinski definition) is 5. The van der Waals surface area contributed by atoms with Gasteiger partial charge in [-0.1, -0.05) is 11.6 Å². The normalized spacial score (nSPS) is 15.9. The second-order valence-corrected chi connectivity index (χ2v) is 7.66. The fourth-order valence-corrected chi connectivity index (χ4v) is 3.49. The van der Waals surface area contributed by atoms with Gasteiger partial charge in [-0.25, -0.2) is 4.79 Å². The number of aryl methyl sites for hydroxylation is 1. The average Bonchev–Trinajstić information content (AvgIpc) is 2.65. The van der Waals surface area contributed by atoms with Gasteiger partial charge in [0.2, 0.25) is 0 Å². The number of likely N-dealkylation sites (tertiary alicyclic amines) is 1. The third-order valence-corrected chi connectivity index (χ3v) is 5.59. The summed E-state index contributed by atoms with van der Waals surface area (Å²) in [6.45, 7) is 6.22.